The van der Waals surface area contributed by atoms with Gasteiger partial charge < -0.3 is 5.73 Å². The van der Waals surface area contributed by atoms with E-state index in [1.165, 1.54) is 6.20 Å². The van der Waals surface area contributed by atoms with Gasteiger partial charge in [0, 0.05) is 25.3 Å². The zero-order valence-corrected chi connectivity index (χ0v) is 12.1. The lowest BCUT2D eigenvalue weighted by atomic mass is 10.1. The molecule has 1 fully saturated rings. The molecule has 6 nitrogen and oxygen atoms in total. The lowest BCUT2D eigenvalue weighted by Gasteiger charge is -2.31. The molecule has 0 aromatic carbocycles. The maximum absolute atomic E-state index is 12.5. The first-order chi connectivity index (χ1) is 9.05. The minimum atomic E-state index is -3.40. The highest BCUT2D eigenvalue weighted by atomic mass is 32.2. The van der Waals surface area contributed by atoms with Crippen LogP contribution in [-0.2, 0) is 16.6 Å². The molecule has 0 saturated carbocycles. The molecule has 108 valence electrons. The van der Waals surface area contributed by atoms with Crippen molar-refractivity contribution in [3.63, 3.8) is 0 Å². The van der Waals surface area contributed by atoms with E-state index in [0.717, 1.165) is 25.7 Å². The first kappa shape index (κ1) is 14.5. The van der Waals surface area contributed by atoms with Crippen molar-refractivity contribution in [3.8, 4) is 0 Å². The molecule has 0 aliphatic carbocycles. The summed E-state index contributed by atoms with van der Waals surface area (Å²) in [6, 6.07) is 0.0751. The Hall–Kier alpha value is -0.920. The molecule has 0 radical (unpaired) electrons. The second-order valence-electron chi connectivity index (χ2n) is 5.04. The van der Waals surface area contributed by atoms with E-state index in [4.69, 9.17) is 5.73 Å². The molecule has 19 heavy (non-hydrogen) atoms. The predicted octanol–water partition coefficient (Wildman–Crippen LogP) is 0.795. The van der Waals surface area contributed by atoms with Crippen LogP contribution in [0.5, 0.6) is 0 Å². The van der Waals surface area contributed by atoms with E-state index >= 15 is 0 Å². The Morgan fingerprint density at radius 3 is 2.95 bits per heavy atom. The first-order valence-electron chi connectivity index (χ1n) is 6.80. The number of nitrogens with zero attached hydrogens (tertiary/aromatic N) is 3. The van der Waals surface area contributed by atoms with E-state index in [-0.39, 0.29) is 6.04 Å². The highest BCUT2D eigenvalue weighted by molar-refractivity contribution is 7.89. The summed E-state index contributed by atoms with van der Waals surface area (Å²) in [6.45, 7) is 3.81. The van der Waals surface area contributed by atoms with Crippen molar-refractivity contribution in [2.24, 2.45) is 5.73 Å². The quantitative estimate of drug-likeness (QED) is 0.868. The summed E-state index contributed by atoms with van der Waals surface area (Å²) in [4.78, 5) is 0.290. The third-order valence-corrected chi connectivity index (χ3v) is 5.52. The van der Waals surface area contributed by atoms with E-state index in [0.29, 0.717) is 24.5 Å². The number of piperidine rings is 1. The van der Waals surface area contributed by atoms with Crippen LogP contribution < -0.4 is 5.73 Å². The van der Waals surface area contributed by atoms with Crippen LogP contribution in [0, 0.1) is 0 Å². The van der Waals surface area contributed by atoms with Crippen LogP contribution in [0.1, 0.15) is 32.6 Å². The van der Waals surface area contributed by atoms with Crippen molar-refractivity contribution in [1.82, 2.24) is 14.1 Å². The van der Waals surface area contributed by atoms with Gasteiger partial charge in [-0.1, -0.05) is 6.42 Å². The average Bonchev–Trinajstić information content (AvgIpc) is 2.86. The van der Waals surface area contributed by atoms with Crippen LogP contribution in [0.3, 0.4) is 0 Å². The standard InChI is InChI=1S/C12H22N4O2S/c1-11-5-2-3-8-16(11)19(17,18)12-9-14-15(10-12)7-4-6-13/h9-11H,2-8,13H2,1H3. The molecule has 7 heteroatoms. The van der Waals surface area contributed by atoms with Gasteiger partial charge in [-0.3, -0.25) is 4.68 Å². The molecule has 1 aliphatic heterocycles. The Morgan fingerprint density at radius 1 is 1.47 bits per heavy atom. The van der Waals surface area contributed by atoms with E-state index < -0.39 is 10.0 Å². The molecule has 0 bridgehead atoms. The van der Waals surface area contributed by atoms with E-state index in [1.54, 1.807) is 15.2 Å². The van der Waals surface area contributed by atoms with Crippen molar-refractivity contribution in [2.45, 2.75) is 50.1 Å². The fourth-order valence-electron chi connectivity index (χ4n) is 2.42. The highest BCUT2D eigenvalue weighted by Gasteiger charge is 2.31. The Balaban J connectivity index is 2.16. The third kappa shape index (κ3) is 3.16. The Labute approximate surface area is 114 Å². The van der Waals surface area contributed by atoms with Gasteiger partial charge in [0.2, 0.25) is 10.0 Å². The number of aromatic nitrogens is 2. The monoisotopic (exact) mass is 286 g/mol. The minimum Gasteiger partial charge on any atom is -0.330 e. The van der Waals surface area contributed by atoms with Crippen LogP contribution in [-0.4, -0.2) is 41.6 Å². The number of aryl methyl sites for hydroxylation is 1. The Morgan fingerprint density at radius 2 is 2.26 bits per heavy atom. The highest BCUT2D eigenvalue weighted by Crippen LogP contribution is 2.24. The minimum absolute atomic E-state index is 0.0751. The van der Waals surface area contributed by atoms with E-state index in [2.05, 4.69) is 5.10 Å². The van der Waals surface area contributed by atoms with Gasteiger partial charge in [0.15, 0.2) is 0 Å². The van der Waals surface area contributed by atoms with Gasteiger partial charge in [0.05, 0.1) is 6.20 Å². The fraction of sp³-hybridized carbons (Fsp3) is 0.750. The normalized spacial score (nSPS) is 21.7. The molecule has 1 aromatic rings. The summed E-state index contributed by atoms with van der Waals surface area (Å²) < 4.78 is 28.3. The summed E-state index contributed by atoms with van der Waals surface area (Å²) in [5.74, 6) is 0. The van der Waals surface area contributed by atoms with Gasteiger partial charge in [-0.2, -0.15) is 9.40 Å². The first-order valence-corrected chi connectivity index (χ1v) is 8.24. The molecule has 1 aromatic heterocycles. The topological polar surface area (TPSA) is 81.2 Å². The molecule has 1 saturated heterocycles. The van der Waals surface area contributed by atoms with Gasteiger partial charge in [-0.05, 0) is 32.7 Å². The van der Waals surface area contributed by atoms with Crippen LogP contribution in [0.2, 0.25) is 0 Å². The number of hydrogen-bond acceptors (Lipinski definition) is 4. The second kappa shape index (κ2) is 6.02. The molecule has 0 spiro atoms. The maximum atomic E-state index is 12.5. The van der Waals surface area contributed by atoms with Gasteiger partial charge in [0.1, 0.15) is 4.90 Å². The summed E-state index contributed by atoms with van der Waals surface area (Å²) >= 11 is 0. The smallest absolute Gasteiger partial charge is 0.246 e. The SMILES string of the molecule is CC1CCCCN1S(=O)(=O)c1cnn(CCCN)c1. The van der Waals surface area contributed by atoms with Crippen LogP contribution in [0.4, 0.5) is 0 Å². The molecule has 1 atom stereocenters. The lowest BCUT2D eigenvalue weighted by molar-refractivity contribution is 0.268. The summed E-state index contributed by atoms with van der Waals surface area (Å²) in [5, 5.41) is 4.10. The van der Waals surface area contributed by atoms with Crippen molar-refractivity contribution >= 4 is 10.0 Å². The van der Waals surface area contributed by atoms with Crippen LogP contribution >= 0.6 is 0 Å². The number of nitrogens with two attached hydrogens (primary N) is 1. The van der Waals surface area contributed by atoms with E-state index in [9.17, 15) is 8.42 Å². The zero-order chi connectivity index (χ0) is 13.9. The van der Waals surface area contributed by atoms with E-state index in [1.807, 2.05) is 6.92 Å². The molecule has 1 unspecified atom stereocenters. The van der Waals surface area contributed by atoms with Crippen LogP contribution in [0.25, 0.3) is 0 Å². The number of rotatable bonds is 5. The average molecular weight is 286 g/mol. The Bertz CT molecular complexity index is 512. The molecule has 0 amide bonds. The van der Waals surface area contributed by atoms with Gasteiger partial charge in [-0.25, -0.2) is 8.42 Å². The molecular weight excluding hydrogens is 264 g/mol. The number of sulfonamides is 1. The lowest BCUT2D eigenvalue weighted by Crippen LogP contribution is -2.41. The van der Waals surface area contributed by atoms with Crippen molar-refractivity contribution < 1.29 is 8.42 Å². The second-order valence-corrected chi connectivity index (χ2v) is 6.93. The van der Waals surface area contributed by atoms with Gasteiger partial charge in [-0.15, -0.1) is 0 Å². The van der Waals surface area contributed by atoms with Crippen molar-refractivity contribution in [3.05, 3.63) is 12.4 Å². The number of hydrogen-bond donors (Lipinski definition) is 1. The Kier molecular flexibility index (Phi) is 4.59. The van der Waals surface area contributed by atoms with Crippen LogP contribution in [0.15, 0.2) is 17.3 Å². The summed E-state index contributed by atoms with van der Waals surface area (Å²) in [7, 11) is -3.40. The molecular formula is C12H22N4O2S. The summed E-state index contributed by atoms with van der Waals surface area (Å²) in [6.07, 6.45) is 6.80. The molecule has 2 N–H and O–H groups in total. The molecule has 1 aliphatic rings. The predicted molar refractivity (Wildman–Crippen MR) is 73.1 cm³/mol. The maximum Gasteiger partial charge on any atom is 0.246 e. The van der Waals surface area contributed by atoms with Gasteiger partial charge >= 0.3 is 0 Å². The molecule has 2 rings (SSSR count). The fourth-order valence-corrected chi connectivity index (χ4v) is 4.07. The largest absolute Gasteiger partial charge is 0.330 e. The molecule has 2 heterocycles. The van der Waals surface area contributed by atoms with Gasteiger partial charge in [0.25, 0.3) is 0 Å². The van der Waals surface area contributed by atoms with Crippen molar-refractivity contribution in [2.75, 3.05) is 13.1 Å². The zero-order valence-electron chi connectivity index (χ0n) is 11.3. The summed E-state index contributed by atoms with van der Waals surface area (Å²) in [5.41, 5.74) is 5.44. The third-order valence-electron chi connectivity index (χ3n) is 3.55. The van der Waals surface area contributed by atoms with Crippen molar-refractivity contribution in [1.29, 1.82) is 0 Å².